The molecule has 0 radical (unpaired) electrons. The lowest BCUT2D eigenvalue weighted by atomic mass is 10.0. The Morgan fingerprint density at radius 2 is 2.09 bits per heavy atom. The Labute approximate surface area is 133 Å². The zero-order chi connectivity index (χ0) is 14.9. The predicted molar refractivity (Wildman–Crippen MR) is 85.0 cm³/mol. The topological polar surface area (TPSA) is 54.3 Å². The number of fused-ring (bicyclic) bond motifs is 2. The lowest BCUT2D eigenvalue weighted by molar-refractivity contribution is 0.0925. The molecule has 2 N–H and O–H groups in total. The quantitative estimate of drug-likeness (QED) is 0.911. The van der Waals surface area contributed by atoms with Crippen LogP contribution in [0, 0.1) is 5.92 Å². The first kappa shape index (κ1) is 13.9. The van der Waals surface area contributed by atoms with Gasteiger partial charge in [0.25, 0.3) is 5.91 Å². The minimum atomic E-state index is 0.0344. The van der Waals surface area contributed by atoms with Gasteiger partial charge in [0.1, 0.15) is 0 Å². The summed E-state index contributed by atoms with van der Waals surface area (Å²) in [5.41, 5.74) is 0.722. The molecule has 1 amide bonds. The fraction of sp³-hybridized carbons (Fsp3) is 0.353. The lowest BCUT2D eigenvalue weighted by Gasteiger charge is -2.23. The molecule has 4 nitrogen and oxygen atoms in total. The highest BCUT2D eigenvalue weighted by Crippen LogP contribution is 2.31. The maximum absolute atomic E-state index is 12.3. The van der Waals surface area contributed by atoms with E-state index in [1.165, 1.54) is 6.42 Å². The van der Waals surface area contributed by atoms with Gasteiger partial charge in [0.05, 0.1) is 6.26 Å². The summed E-state index contributed by atoms with van der Waals surface area (Å²) in [7, 11) is 0. The second-order valence-corrected chi connectivity index (χ2v) is 7.05. The number of amides is 1. The van der Waals surface area contributed by atoms with Crippen LogP contribution in [0.4, 0.5) is 0 Å². The summed E-state index contributed by atoms with van der Waals surface area (Å²) in [4.78, 5) is 13.4. The molecule has 1 saturated heterocycles. The van der Waals surface area contributed by atoms with Gasteiger partial charge in [-0.2, -0.15) is 0 Å². The van der Waals surface area contributed by atoms with Crippen LogP contribution in [0.25, 0.3) is 0 Å². The van der Waals surface area contributed by atoms with Crippen molar-refractivity contribution in [1.82, 2.24) is 10.6 Å². The summed E-state index contributed by atoms with van der Waals surface area (Å²) in [6.45, 7) is 1.04. The van der Waals surface area contributed by atoms with Gasteiger partial charge in [0.2, 0.25) is 0 Å². The number of furan rings is 1. The minimum absolute atomic E-state index is 0.0344. The van der Waals surface area contributed by atoms with E-state index < -0.39 is 0 Å². The van der Waals surface area contributed by atoms with E-state index in [0.29, 0.717) is 18.0 Å². The first-order chi connectivity index (χ1) is 10.8. The van der Waals surface area contributed by atoms with Gasteiger partial charge in [-0.3, -0.25) is 4.79 Å². The number of rotatable bonds is 4. The van der Waals surface area contributed by atoms with E-state index in [2.05, 4.69) is 10.6 Å². The summed E-state index contributed by atoms with van der Waals surface area (Å²) in [6, 6.07) is 12.4. The van der Waals surface area contributed by atoms with Crippen LogP contribution < -0.4 is 10.6 Å². The van der Waals surface area contributed by atoms with Gasteiger partial charge in [-0.1, -0.05) is 11.8 Å². The molecule has 1 saturated carbocycles. The second kappa shape index (κ2) is 5.82. The number of carbonyl (C=O) groups excluding carboxylic acids is 1. The van der Waals surface area contributed by atoms with Crippen molar-refractivity contribution in [2.24, 2.45) is 5.92 Å². The van der Waals surface area contributed by atoms with Crippen molar-refractivity contribution in [3.8, 4) is 0 Å². The molecule has 5 heteroatoms. The van der Waals surface area contributed by atoms with Gasteiger partial charge in [-0.15, -0.1) is 0 Å². The van der Waals surface area contributed by atoms with Crippen LogP contribution >= 0.6 is 11.8 Å². The Balaban J connectivity index is 1.38. The van der Waals surface area contributed by atoms with Crippen molar-refractivity contribution in [1.29, 1.82) is 0 Å². The molecule has 2 heterocycles. The standard InChI is InChI=1S/C17H18N2O2S/c20-17(19-15-9-13-8-12(15)10-18-13)11-3-5-14(6-4-11)22-16-2-1-7-21-16/h1-7,12-13,15,18H,8-10H2,(H,19,20). The number of benzene rings is 1. The van der Waals surface area contributed by atoms with E-state index in [1.54, 1.807) is 18.0 Å². The van der Waals surface area contributed by atoms with Gasteiger partial charge in [0, 0.05) is 29.1 Å². The molecule has 114 valence electrons. The van der Waals surface area contributed by atoms with Gasteiger partial charge in [-0.25, -0.2) is 0 Å². The average Bonchev–Trinajstić information content (AvgIpc) is 3.25. The summed E-state index contributed by atoms with van der Waals surface area (Å²) in [6.07, 6.45) is 3.92. The Morgan fingerprint density at radius 1 is 1.23 bits per heavy atom. The van der Waals surface area contributed by atoms with Crippen molar-refractivity contribution in [3.63, 3.8) is 0 Å². The molecule has 1 aromatic carbocycles. The van der Waals surface area contributed by atoms with Gasteiger partial charge < -0.3 is 15.1 Å². The first-order valence-corrected chi connectivity index (χ1v) is 8.45. The van der Waals surface area contributed by atoms with Crippen LogP contribution in [-0.2, 0) is 0 Å². The number of nitrogens with one attached hydrogen (secondary N) is 2. The van der Waals surface area contributed by atoms with Crippen LogP contribution in [0.1, 0.15) is 23.2 Å². The molecule has 3 unspecified atom stereocenters. The predicted octanol–water partition coefficient (Wildman–Crippen LogP) is 2.91. The van der Waals surface area contributed by atoms with Crippen molar-refractivity contribution in [2.75, 3.05) is 6.54 Å². The summed E-state index contributed by atoms with van der Waals surface area (Å²) < 4.78 is 5.31. The van der Waals surface area contributed by atoms with Crippen LogP contribution in [0.15, 0.2) is 57.1 Å². The van der Waals surface area contributed by atoms with Crippen LogP contribution in [-0.4, -0.2) is 24.5 Å². The third-order valence-electron chi connectivity index (χ3n) is 4.51. The van der Waals surface area contributed by atoms with Gasteiger partial charge in [0.15, 0.2) is 5.09 Å². The zero-order valence-electron chi connectivity index (χ0n) is 12.1. The van der Waals surface area contributed by atoms with Crippen molar-refractivity contribution in [2.45, 2.75) is 34.9 Å². The van der Waals surface area contributed by atoms with Crippen molar-refractivity contribution >= 4 is 17.7 Å². The molecule has 2 fully saturated rings. The van der Waals surface area contributed by atoms with Crippen molar-refractivity contribution < 1.29 is 9.21 Å². The molecule has 1 aromatic heterocycles. The Kier molecular flexibility index (Phi) is 3.68. The van der Waals surface area contributed by atoms with Crippen LogP contribution in [0.2, 0.25) is 0 Å². The normalized spacial score (nSPS) is 26.3. The third kappa shape index (κ3) is 2.78. The smallest absolute Gasteiger partial charge is 0.251 e. The molecular formula is C17H18N2O2S. The summed E-state index contributed by atoms with van der Waals surface area (Å²) in [5, 5.41) is 7.51. The molecule has 22 heavy (non-hydrogen) atoms. The molecule has 1 aliphatic carbocycles. The van der Waals surface area contributed by atoms with E-state index in [0.717, 1.165) is 28.5 Å². The molecule has 2 aromatic rings. The maximum Gasteiger partial charge on any atom is 0.251 e. The number of hydrogen-bond acceptors (Lipinski definition) is 4. The fourth-order valence-corrected chi connectivity index (χ4v) is 4.13. The van der Waals surface area contributed by atoms with E-state index in [-0.39, 0.29) is 5.91 Å². The van der Waals surface area contributed by atoms with E-state index in [4.69, 9.17) is 4.42 Å². The molecule has 2 aliphatic rings. The molecule has 2 bridgehead atoms. The maximum atomic E-state index is 12.3. The molecule has 1 aliphatic heterocycles. The highest BCUT2D eigenvalue weighted by Gasteiger charge is 2.39. The van der Waals surface area contributed by atoms with Gasteiger partial charge >= 0.3 is 0 Å². The highest BCUT2D eigenvalue weighted by atomic mass is 32.2. The summed E-state index contributed by atoms with van der Waals surface area (Å²) in [5.74, 6) is 0.634. The SMILES string of the molecule is O=C(NC1CC2CC1CN2)c1ccc(Sc2ccco2)cc1. The number of piperidine rings is 1. The fourth-order valence-electron chi connectivity index (χ4n) is 3.38. The van der Waals surface area contributed by atoms with E-state index >= 15 is 0 Å². The third-order valence-corrected chi connectivity index (χ3v) is 5.45. The van der Waals surface area contributed by atoms with Gasteiger partial charge in [-0.05, 0) is 55.2 Å². The molecule has 3 atom stereocenters. The summed E-state index contributed by atoms with van der Waals surface area (Å²) >= 11 is 1.55. The first-order valence-electron chi connectivity index (χ1n) is 7.63. The largest absolute Gasteiger partial charge is 0.458 e. The second-order valence-electron chi connectivity index (χ2n) is 5.98. The molecule has 4 rings (SSSR count). The Morgan fingerprint density at radius 3 is 2.73 bits per heavy atom. The monoisotopic (exact) mass is 314 g/mol. The number of carbonyl (C=O) groups is 1. The van der Waals surface area contributed by atoms with Crippen LogP contribution in [0.3, 0.4) is 0 Å². The molecular weight excluding hydrogens is 296 g/mol. The average molecular weight is 314 g/mol. The van der Waals surface area contributed by atoms with Crippen LogP contribution in [0.5, 0.6) is 0 Å². The van der Waals surface area contributed by atoms with Crippen molar-refractivity contribution in [3.05, 3.63) is 48.2 Å². The Bertz CT molecular complexity index is 654. The zero-order valence-corrected chi connectivity index (χ0v) is 12.9. The molecule has 0 spiro atoms. The number of hydrogen-bond donors (Lipinski definition) is 2. The van der Waals surface area contributed by atoms with E-state index in [1.807, 2.05) is 36.4 Å². The minimum Gasteiger partial charge on any atom is -0.458 e. The highest BCUT2D eigenvalue weighted by molar-refractivity contribution is 7.99. The lowest BCUT2D eigenvalue weighted by Crippen LogP contribution is -2.44. The Hall–Kier alpha value is -1.72. The van der Waals surface area contributed by atoms with E-state index in [9.17, 15) is 4.79 Å².